The van der Waals surface area contributed by atoms with Crippen LogP contribution in [0.25, 0.3) is 10.9 Å². The van der Waals surface area contributed by atoms with E-state index in [9.17, 15) is 4.79 Å². The monoisotopic (exact) mass is 295 g/mol. The molecule has 1 aliphatic rings. The largest absolute Gasteiger partial charge is 0.321 e. The topological polar surface area (TPSA) is 32.9 Å². The van der Waals surface area contributed by atoms with Crippen LogP contribution in [0.2, 0.25) is 0 Å². The van der Waals surface area contributed by atoms with Crippen LogP contribution in [-0.4, -0.2) is 10.7 Å². The van der Waals surface area contributed by atoms with Crippen molar-refractivity contribution in [1.29, 1.82) is 0 Å². The number of aromatic nitrogens is 1. The van der Waals surface area contributed by atoms with Crippen molar-refractivity contribution >= 4 is 38.6 Å². The first-order valence-corrected chi connectivity index (χ1v) is 7.12. The molecule has 4 heteroatoms. The van der Waals surface area contributed by atoms with Crippen molar-refractivity contribution in [2.24, 2.45) is 0 Å². The van der Waals surface area contributed by atoms with Crippen LogP contribution in [0, 0.1) is 0 Å². The number of thioether (sulfide) groups is 1. The van der Waals surface area contributed by atoms with Gasteiger partial charge in [0.05, 0.1) is 5.52 Å². The Kier molecular flexibility index (Phi) is 2.56. The molecule has 0 bridgehead atoms. The highest BCUT2D eigenvalue weighted by molar-refractivity contribution is 9.10. The van der Waals surface area contributed by atoms with Crippen LogP contribution in [0.15, 0.2) is 27.5 Å². The number of pyridine rings is 1. The number of fused-ring (bicyclic) bond motifs is 3. The number of halogens is 1. The molecule has 16 heavy (non-hydrogen) atoms. The number of hydrogen-bond acceptors (Lipinski definition) is 2. The van der Waals surface area contributed by atoms with Crippen molar-refractivity contribution in [3.8, 4) is 0 Å². The Morgan fingerprint density at radius 3 is 3.06 bits per heavy atom. The minimum Gasteiger partial charge on any atom is -0.321 e. The van der Waals surface area contributed by atoms with E-state index in [0.29, 0.717) is 0 Å². The number of rotatable bonds is 0. The summed E-state index contributed by atoms with van der Waals surface area (Å²) in [5.74, 6) is 1.95. The van der Waals surface area contributed by atoms with E-state index in [0.717, 1.165) is 33.5 Å². The summed E-state index contributed by atoms with van der Waals surface area (Å²) >= 11 is 5.32. The van der Waals surface area contributed by atoms with Crippen molar-refractivity contribution in [2.45, 2.75) is 12.2 Å². The van der Waals surface area contributed by atoms with Crippen molar-refractivity contribution in [3.05, 3.63) is 44.2 Å². The number of nitrogens with one attached hydrogen (secondary N) is 1. The number of aryl methyl sites for hydroxylation is 1. The Labute approximate surface area is 106 Å². The molecule has 0 aliphatic carbocycles. The predicted molar refractivity (Wildman–Crippen MR) is 72.1 cm³/mol. The molecule has 1 aromatic carbocycles. The van der Waals surface area contributed by atoms with E-state index >= 15 is 0 Å². The molecule has 1 aliphatic heterocycles. The predicted octanol–water partition coefficient (Wildman–Crippen LogP) is 3.08. The van der Waals surface area contributed by atoms with Gasteiger partial charge in [0.1, 0.15) is 0 Å². The van der Waals surface area contributed by atoms with E-state index in [-0.39, 0.29) is 5.56 Å². The molecule has 0 fully saturated rings. The molecule has 2 nitrogen and oxygen atoms in total. The molecule has 0 saturated heterocycles. The molecule has 82 valence electrons. The van der Waals surface area contributed by atoms with Crippen molar-refractivity contribution in [3.63, 3.8) is 0 Å². The lowest BCUT2D eigenvalue weighted by Crippen LogP contribution is -2.19. The first kappa shape index (κ1) is 10.4. The van der Waals surface area contributed by atoms with Crippen molar-refractivity contribution < 1.29 is 0 Å². The van der Waals surface area contributed by atoms with E-state index in [4.69, 9.17) is 0 Å². The number of benzene rings is 1. The second-order valence-electron chi connectivity index (χ2n) is 3.88. The van der Waals surface area contributed by atoms with Crippen molar-refractivity contribution in [1.82, 2.24) is 4.98 Å². The zero-order valence-electron chi connectivity index (χ0n) is 8.55. The highest BCUT2D eigenvalue weighted by Gasteiger charge is 2.17. The third kappa shape index (κ3) is 1.52. The summed E-state index contributed by atoms with van der Waals surface area (Å²) in [4.78, 5) is 14.9. The fourth-order valence-corrected chi connectivity index (χ4v) is 3.65. The van der Waals surface area contributed by atoms with Crippen LogP contribution in [-0.2, 0) is 12.2 Å². The van der Waals surface area contributed by atoms with Gasteiger partial charge in [-0.25, -0.2) is 0 Å². The molecule has 1 N–H and O–H groups in total. The quantitative estimate of drug-likeness (QED) is 0.810. The summed E-state index contributed by atoms with van der Waals surface area (Å²) in [6.07, 6.45) is 0.997. The summed E-state index contributed by atoms with van der Waals surface area (Å²) in [6, 6.07) is 6.07. The maximum atomic E-state index is 11.9. The highest BCUT2D eigenvalue weighted by atomic mass is 79.9. The Balaban J connectivity index is 2.47. The summed E-state index contributed by atoms with van der Waals surface area (Å²) in [6.45, 7) is 0. The standard InChI is InChI=1S/C12H10BrNOS/c13-10-3-1-2-8-7-4-5-16-6-9(7)12(15)14-11(8)10/h1-3H,4-6H2,(H,14,15). The zero-order valence-corrected chi connectivity index (χ0v) is 11.0. The van der Waals surface area contributed by atoms with Gasteiger partial charge >= 0.3 is 0 Å². The second kappa shape index (κ2) is 3.93. The fourth-order valence-electron chi connectivity index (χ4n) is 2.18. The van der Waals surface area contributed by atoms with Gasteiger partial charge in [-0.15, -0.1) is 0 Å². The molecule has 2 aromatic rings. The number of hydrogen-bond donors (Lipinski definition) is 1. The minimum atomic E-state index is 0.0709. The van der Waals surface area contributed by atoms with Gasteiger partial charge in [0, 0.05) is 21.2 Å². The summed E-state index contributed by atoms with van der Waals surface area (Å²) in [5.41, 5.74) is 3.19. The normalized spacial score (nSPS) is 15.1. The molecule has 0 spiro atoms. The minimum absolute atomic E-state index is 0.0709. The molecule has 0 amide bonds. The molecular formula is C12H10BrNOS. The van der Waals surface area contributed by atoms with Gasteiger partial charge in [0.2, 0.25) is 0 Å². The molecular weight excluding hydrogens is 286 g/mol. The third-order valence-electron chi connectivity index (χ3n) is 2.96. The van der Waals surface area contributed by atoms with Gasteiger partial charge in [-0.05, 0) is 39.7 Å². The van der Waals surface area contributed by atoms with Crippen LogP contribution in [0.3, 0.4) is 0 Å². The van der Waals surface area contributed by atoms with Crippen LogP contribution in [0.4, 0.5) is 0 Å². The third-order valence-corrected chi connectivity index (χ3v) is 4.60. The maximum absolute atomic E-state index is 11.9. The van der Waals surface area contributed by atoms with Crippen LogP contribution in [0.5, 0.6) is 0 Å². The summed E-state index contributed by atoms with van der Waals surface area (Å²) in [5, 5.41) is 1.18. The highest BCUT2D eigenvalue weighted by Crippen LogP contribution is 2.30. The van der Waals surface area contributed by atoms with Crippen LogP contribution in [0.1, 0.15) is 11.1 Å². The van der Waals surface area contributed by atoms with Gasteiger partial charge in [0.25, 0.3) is 5.56 Å². The lowest BCUT2D eigenvalue weighted by Gasteiger charge is -2.17. The maximum Gasteiger partial charge on any atom is 0.252 e. The molecule has 1 aromatic heterocycles. The van der Waals surface area contributed by atoms with Crippen molar-refractivity contribution in [2.75, 3.05) is 5.75 Å². The van der Waals surface area contributed by atoms with Gasteiger partial charge in [-0.1, -0.05) is 12.1 Å². The molecule has 0 atom stereocenters. The van der Waals surface area contributed by atoms with Gasteiger partial charge in [-0.3, -0.25) is 4.79 Å². The smallest absolute Gasteiger partial charge is 0.252 e. The Morgan fingerprint density at radius 2 is 2.19 bits per heavy atom. The first-order chi connectivity index (χ1) is 7.77. The lowest BCUT2D eigenvalue weighted by atomic mass is 10.0. The van der Waals surface area contributed by atoms with Gasteiger partial charge < -0.3 is 4.98 Å². The number of para-hydroxylation sites is 1. The van der Waals surface area contributed by atoms with E-state index in [1.54, 1.807) is 0 Å². The van der Waals surface area contributed by atoms with E-state index in [1.165, 1.54) is 10.9 Å². The first-order valence-electron chi connectivity index (χ1n) is 5.17. The SMILES string of the molecule is O=c1[nH]c2c(Br)cccc2c2c1CSCC2. The molecule has 0 saturated carbocycles. The second-order valence-corrected chi connectivity index (χ2v) is 5.84. The summed E-state index contributed by atoms with van der Waals surface area (Å²) < 4.78 is 0.961. The fraction of sp³-hybridized carbons (Fsp3) is 0.250. The molecule has 3 rings (SSSR count). The Hall–Kier alpha value is -0.740. The Bertz CT molecular complexity index is 620. The molecule has 2 heterocycles. The molecule has 0 unspecified atom stereocenters. The zero-order chi connectivity index (χ0) is 11.1. The number of aromatic amines is 1. The summed E-state index contributed by atoms with van der Waals surface area (Å²) in [7, 11) is 0. The molecule has 0 radical (unpaired) electrons. The number of H-pyrrole nitrogens is 1. The lowest BCUT2D eigenvalue weighted by molar-refractivity contribution is 1.06. The van der Waals surface area contributed by atoms with Crippen LogP contribution >= 0.6 is 27.7 Å². The average Bonchev–Trinajstić information content (AvgIpc) is 2.31. The van der Waals surface area contributed by atoms with E-state index in [2.05, 4.69) is 27.0 Å². The Morgan fingerprint density at radius 1 is 1.31 bits per heavy atom. The van der Waals surface area contributed by atoms with Gasteiger partial charge in [-0.2, -0.15) is 11.8 Å². The van der Waals surface area contributed by atoms with Gasteiger partial charge in [0.15, 0.2) is 0 Å². The average molecular weight is 296 g/mol. The van der Waals surface area contributed by atoms with E-state index in [1.807, 2.05) is 23.9 Å². The van der Waals surface area contributed by atoms with E-state index < -0.39 is 0 Å². The van der Waals surface area contributed by atoms with Crippen LogP contribution < -0.4 is 5.56 Å².